The smallest absolute Gasteiger partial charge is 0.312 e. The van der Waals surface area contributed by atoms with Gasteiger partial charge in [0.2, 0.25) is 12.1 Å². The number of hydrogen-bond donors (Lipinski definition) is 0. The topological polar surface area (TPSA) is 61.8 Å². The van der Waals surface area contributed by atoms with Crippen molar-refractivity contribution in [3.8, 4) is 0 Å². The van der Waals surface area contributed by atoms with Crippen molar-refractivity contribution in [3.05, 3.63) is 0 Å². The van der Waals surface area contributed by atoms with E-state index in [1.54, 1.807) is 0 Å². The van der Waals surface area contributed by atoms with Gasteiger partial charge in [-0.05, 0) is 49.4 Å². The molecule has 0 aromatic heterocycles. The molecule has 10 unspecified atom stereocenters. The molecule has 0 aromatic rings. The van der Waals surface area contributed by atoms with Crippen LogP contribution < -0.4 is 0 Å². The van der Waals surface area contributed by atoms with Gasteiger partial charge in [-0.2, -0.15) is 0 Å². The number of ether oxygens (including phenoxy) is 3. The number of fused-ring (bicyclic) bond motifs is 2. The van der Waals surface area contributed by atoms with Gasteiger partial charge in [-0.1, -0.05) is 27.7 Å². The van der Waals surface area contributed by atoms with E-state index in [1.807, 2.05) is 6.92 Å². The van der Waals surface area contributed by atoms with Crippen LogP contribution in [0.15, 0.2) is 0 Å². The van der Waals surface area contributed by atoms with Crippen LogP contribution in [0.2, 0.25) is 0 Å². The highest BCUT2D eigenvalue weighted by atomic mass is 16.8. The average Bonchev–Trinajstić information content (AvgIpc) is 3.14. The largest absolute Gasteiger partial charge is 0.435 e. The fraction of sp³-hybridized carbons (Fsp3) is 0.905. The predicted molar refractivity (Wildman–Crippen MR) is 94.5 cm³/mol. The fourth-order valence-electron chi connectivity index (χ4n) is 6.18. The van der Waals surface area contributed by atoms with Crippen LogP contribution in [-0.2, 0) is 23.8 Å². The molecule has 5 nitrogen and oxygen atoms in total. The summed E-state index contributed by atoms with van der Waals surface area (Å²) < 4.78 is 17.8. The second kappa shape index (κ2) is 6.22. The van der Waals surface area contributed by atoms with Gasteiger partial charge in [-0.3, -0.25) is 14.3 Å². The Labute approximate surface area is 156 Å². The zero-order chi connectivity index (χ0) is 18.8. The molecule has 2 saturated carbocycles. The van der Waals surface area contributed by atoms with Crippen molar-refractivity contribution in [2.45, 2.75) is 72.4 Å². The first kappa shape index (κ1) is 18.3. The molecule has 146 valence electrons. The second-order valence-electron chi connectivity index (χ2n) is 9.50. The molecule has 0 N–H and O–H groups in total. The van der Waals surface area contributed by atoms with Gasteiger partial charge in [0, 0.05) is 18.8 Å². The summed E-state index contributed by atoms with van der Waals surface area (Å²) in [5.74, 6) is 0.170. The Balaban J connectivity index is 1.53. The summed E-state index contributed by atoms with van der Waals surface area (Å²) in [6, 6.07) is 0. The van der Waals surface area contributed by atoms with Crippen molar-refractivity contribution in [2.24, 2.45) is 47.3 Å². The highest BCUT2D eigenvalue weighted by Crippen LogP contribution is 2.52. The van der Waals surface area contributed by atoms with Crippen LogP contribution >= 0.6 is 0 Å². The Bertz CT molecular complexity index is 603. The SMILES string of the molecule is CC1CCC2C(C)C(OC3(C)OC(=O)C4C(C)CCC4C3C)OC(=O)C12. The van der Waals surface area contributed by atoms with E-state index in [0.29, 0.717) is 17.8 Å². The molecule has 5 heteroatoms. The lowest BCUT2D eigenvalue weighted by molar-refractivity contribution is -0.338. The number of esters is 2. The molecule has 0 amide bonds. The zero-order valence-electron chi connectivity index (χ0n) is 16.6. The van der Waals surface area contributed by atoms with Gasteiger partial charge in [0.05, 0.1) is 11.8 Å². The molecule has 0 bridgehead atoms. The van der Waals surface area contributed by atoms with Crippen LogP contribution in [-0.4, -0.2) is 24.0 Å². The molecule has 4 fully saturated rings. The number of rotatable bonds is 2. The van der Waals surface area contributed by atoms with Crippen LogP contribution in [0.1, 0.15) is 60.3 Å². The van der Waals surface area contributed by atoms with E-state index >= 15 is 0 Å². The van der Waals surface area contributed by atoms with Crippen molar-refractivity contribution in [1.82, 2.24) is 0 Å². The standard InChI is InChI=1S/C21H32O5/c1-10-6-8-14-12(3)20(24-18(22)16(10)14)26-21(5)13(4)15-9-7-11(2)17(15)19(23)25-21/h10-17,20H,6-9H2,1-5H3. The number of hydrogen-bond acceptors (Lipinski definition) is 5. The van der Waals surface area contributed by atoms with Crippen molar-refractivity contribution in [2.75, 3.05) is 0 Å². The predicted octanol–water partition coefficient (Wildman–Crippen LogP) is 3.76. The quantitative estimate of drug-likeness (QED) is 0.698. The minimum atomic E-state index is -1.03. The minimum absolute atomic E-state index is 0.0101. The van der Waals surface area contributed by atoms with Crippen LogP contribution in [0.25, 0.3) is 0 Å². The van der Waals surface area contributed by atoms with E-state index in [0.717, 1.165) is 25.7 Å². The molecule has 2 aliphatic carbocycles. The Kier molecular flexibility index (Phi) is 4.37. The van der Waals surface area contributed by atoms with Crippen LogP contribution in [0.4, 0.5) is 0 Å². The summed E-state index contributed by atoms with van der Waals surface area (Å²) in [5, 5.41) is 0. The zero-order valence-corrected chi connectivity index (χ0v) is 16.6. The molecule has 2 aliphatic heterocycles. The average molecular weight is 364 g/mol. The molecule has 4 aliphatic rings. The monoisotopic (exact) mass is 364 g/mol. The Morgan fingerprint density at radius 2 is 1.46 bits per heavy atom. The van der Waals surface area contributed by atoms with Gasteiger partial charge in [-0.15, -0.1) is 0 Å². The van der Waals surface area contributed by atoms with Crippen molar-refractivity contribution in [1.29, 1.82) is 0 Å². The number of carbonyl (C=O) groups excluding carboxylic acids is 2. The summed E-state index contributed by atoms with van der Waals surface area (Å²) in [5.41, 5.74) is 0. The maximum Gasteiger partial charge on any atom is 0.312 e. The van der Waals surface area contributed by atoms with Gasteiger partial charge in [0.1, 0.15) is 0 Å². The first-order valence-electron chi connectivity index (χ1n) is 10.3. The lowest BCUT2D eigenvalue weighted by atomic mass is 9.75. The van der Waals surface area contributed by atoms with E-state index in [4.69, 9.17) is 14.2 Å². The second-order valence-corrected chi connectivity index (χ2v) is 9.50. The number of cyclic esters (lactones) is 2. The highest BCUT2D eigenvalue weighted by Gasteiger charge is 2.58. The Hall–Kier alpha value is -1.10. The molecule has 4 rings (SSSR count). The molecule has 2 saturated heterocycles. The molecule has 26 heavy (non-hydrogen) atoms. The van der Waals surface area contributed by atoms with E-state index in [1.165, 1.54) is 0 Å². The van der Waals surface area contributed by atoms with Crippen LogP contribution in [0.5, 0.6) is 0 Å². The maximum atomic E-state index is 12.7. The van der Waals surface area contributed by atoms with Crippen molar-refractivity contribution >= 4 is 11.9 Å². The van der Waals surface area contributed by atoms with E-state index in [9.17, 15) is 9.59 Å². The molecule has 0 spiro atoms. The van der Waals surface area contributed by atoms with Gasteiger partial charge in [-0.25, -0.2) is 0 Å². The Morgan fingerprint density at radius 1 is 0.885 bits per heavy atom. The third kappa shape index (κ3) is 2.61. The highest BCUT2D eigenvalue weighted by molar-refractivity contribution is 5.75. The first-order valence-corrected chi connectivity index (χ1v) is 10.3. The third-order valence-corrected chi connectivity index (χ3v) is 8.06. The minimum Gasteiger partial charge on any atom is -0.435 e. The summed E-state index contributed by atoms with van der Waals surface area (Å²) in [7, 11) is 0. The van der Waals surface area contributed by atoms with Gasteiger partial charge < -0.3 is 9.47 Å². The van der Waals surface area contributed by atoms with Crippen molar-refractivity contribution < 1.29 is 23.8 Å². The fourth-order valence-corrected chi connectivity index (χ4v) is 6.18. The summed E-state index contributed by atoms with van der Waals surface area (Å²) >= 11 is 0. The summed E-state index contributed by atoms with van der Waals surface area (Å²) in [6.07, 6.45) is 3.55. The molecular formula is C21H32O5. The first-order chi connectivity index (χ1) is 12.2. The van der Waals surface area contributed by atoms with Crippen LogP contribution in [0, 0.1) is 47.3 Å². The van der Waals surface area contributed by atoms with Gasteiger partial charge in [0.15, 0.2) is 0 Å². The molecular weight excluding hydrogens is 332 g/mol. The molecule has 0 radical (unpaired) electrons. The molecule has 10 atom stereocenters. The normalized spacial score (nSPS) is 53.7. The Morgan fingerprint density at radius 3 is 2.12 bits per heavy atom. The molecule has 2 heterocycles. The van der Waals surface area contributed by atoms with Gasteiger partial charge >= 0.3 is 11.9 Å². The molecule has 0 aromatic carbocycles. The number of carbonyl (C=O) groups is 2. The van der Waals surface area contributed by atoms with E-state index in [2.05, 4.69) is 27.7 Å². The lowest BCUT2D eigenvalue weighted by Crippen LogP contribution is -2.56. The summed E-state index contributed by atoms with van der Waals surface area (Å²) in [4.78, 5) is 25.2. The maximum absolute atomic E-state index is 12.7. The van der Waals surface area contributed by atoms with Gasteiger partial charge in [0.25, 0.3) is 0 Å². The summed E-state index contributed by atoms with van der Waals surface area (Å²) in [6.45, 7) is 10.3. The van der Waals surface area contributed by atoms with Crippen molar-refractivity contribution in [3.63, 3.8) is 0 Å². The van der Waals surface area contributed by atoms with E-state index < -0.39 is 12.1 Å². The van der Waals surface area contributed by atoms with Crippen LogP contribution in [0.3, 0.4) is 0 Å². The third-order valence-electron chi connectivity index (χ3n) is 8.06. The lowest BCUT2D eigenvalue weighted by Gasteiger charge is -2.48. The van der Waals surface area contributed by atoms with E-state index in [-0.39, 0.29) is 41.5 Å².